The summed E-state index contributed by atoms with van der Waals surface area (Å²) in [6.07, 6.45) is 4.17. The predicted molar refractivity (Wildman–Crippen MR) is 96.1 cm³/mol. The zero-order chi connectivity index (χ0) is 17.4. The van der Waals surface area contributed by atoms with E-state index in [-0.39, 0.29) is 5.92 Å². The lowest BCUT2D eigenvalue weighted by atomic mass is 9.89. The van der Waals surface area contributed by atoms with Crippen LogP contribution < -0.4 is 5.32 Å². The first-order chi connectivity index (χ1) is 12.1. The fourth-order valence-corrected chi connectivity index (χ4v) is 4.27. The minimum Gasteiger partial charge on any atom is -0.481 e. The minimum absolute atomic E-state index is 0.252. The summed E-state index contributed by atoms with van der Waals surface area (Å²) in [6, 6.07) is 6.46. The number of nitrogens with zero attached hydrogens (tertiary/aromatic N) is 3. The molecule has 0 spiro atoms. The Morgan fingerprint density at radius 3 is 3.00 bits per heavy atom. The zero-order valence-electron chi connectivity index (χ0n) is 14.0. The number of carboxylic acid groups (broad SMARTS) is 1. The molecule has 1 aromatic carbocycles. The van der Waals surface area contributed by atoms with Crippen molar-refractivity contribution >= 4 is 29.2 Å². The molecule has 1 atom stereocenters. The molecule has 1 fully saturated rings. The Bertz CT molecular complexity index is 807. The first-order valence-electron chi connectivity index (χ1n) is 8.42. The Labute approximate surface area is 150 Å². The number of carboxylic acids is 1. The number of aromatic nitrogens is 2. The maximum atomic E-state index is 10.9. The Morgan fingerprint density at radius 2 is 2.20 bits per heavy atom. The van der Waals surface area contributed by atoms with Gasteiger partial charge in [-0.25, -0.2) is 9.97 Å². The first kappa shape index (κ1) is 16.4. The van der Waals surface area contributed by atoms with Crippen LogP contribution in [0.25, 0.3) is 0 Å². The average Bonchev–Trinajstić information content (AvgIpc) is 2.57. The Kier molecular flexibility index (Phi) is 4.35. The van der Waals surface area contributed by atoms with Crippen molar-refractivity contribution in [3.8, 4) is 0 Å². The van der Waals surface area contributed by atoms with Crippen molar-refractivity contribution in [2.75, 3.05) is 18.4 Å². The van der Waals surface area contributed by atoms with Gasteiger partial charge >= 0.3 is 5.97 Å². The smallest absolute Gasteiger partial charge is 0.306 e. The van der Waals surface area contributed by atoms with Gasteiger partial charge in [0.1, 0.15) is 5.03 Å². The van der Waals surface area contributed by atoms with E-state index >= 15 is 0 Å². The standard InChI is InChI=1S/C18H20N4O2S/c1-11(18(23)24)6-13-9-22(10-13)8-12-2-3-15-14(7-12)21-16-17(25-15)20-5-4-19-16/h2-5,7,11,13H,6,8-10H2,1H3,(H,19,21)(H,23,24). The molecule has 2 N–H and O–H groups in total. The van der Waals surface area contributed by atoms with Crippen molar-refractivity contribution in [2.45, 2.75) is 29.8 Å². The summed E-state index contributed by atoms with van der Waals surface area (Å²) >= 11 is 1.63. The van der Waals surface area contributed by atoms with E-state index in [4.69, 9.17) is 5.11 Å². The third kappa shape index (κ3) is 3.48. The normalized spacial score (nSPS) is 17.8. The van der Waals surface area contributed by atoms with E-state index in [1.54, 1.807) is 31.1 Å². The van der Waals surface area contributed by atoms with Crippen LogP contribution in [0, 0.1) is 11.8 Å². The van der Waals surface area contributed by atoms with Crippen molar-refractivity contribution in [3.05, 3.63) is 36.2 Å². The molecule has 1 aromatic heterocycles. The second-order valence-electron chi connectivity index (χ2n) is 6.80. The lowest BCUT2D eigenvalue weighted by Gasteiger charge is -2.40. The number of nitrogens with one attached hydrogen (secondary N) is 1. The van der Waals surface area contributed by atoms with Crippen LogP contribution in [0.1, 0.15) is 18.9 Å². The van der Waals surface area contributed by atoms with Gasteiger partial charge in [-0.15, -0.1) is 0 Å². The molecular weight excluding hydrogens is 336 g/mol. The number of fused-ring (bicyclic) bond motifs is 2. The van der Waals surface area contributed by atoms with Crippen molar-refractivity contribution in [1.29, 1.82) is 0 Å². The molecule has 7 heteroatoms. The molecule has 0 radical (unpaired) electrons. The van der Waals surface area contributed by atoms with E-state index in [1.165, 1.54) is 5.56 Å². The summed E-state index contributed by atoms with van der Waals surface area (Å²) in [5, 5.41) is 13.3. The van der Waals surface area contributed by atoms with Crippen LogP contribution in [0.5, 0.6) is 0 Å². The highest BCUT2D eigenvalue weighted by atomic mass is 32.2. The molecule has 6 nitrogen and oxygen atoms in total. The molecule has 0 saturated carbocycles. The van der Waals surface area contributed by atoms with Crippen LogP contribution in [0.15, 0.2) is 40.5 Å². The highest BCUT2D eigenvalue weighted by molar-refractivity contribution is 7.99. The third-order valence-electron chi connectivity index (χ3n) is 4.72. The molecule has 3 heterocycles. The van der Waals surface area contributed by atoms with Gasteiger partial charge in [0.05, 0.1) is 11.6 Å². The molecule has 2 aromatic rings. The largest absolute Gasteiger partial charge is 0.481 e. The molecular formula is C18H20N4O2S. The summed E-state index contributed by atoms with van der Waals surface area (Å²) in [6.45, 7) is 4.64. The van der Waals surface area contributed by atoms with Crippen LogP contribution in [-0.2, 0) is 11.3 Å². The summed E-state index contributed by atoms with van der Waals surface area (Å²) in [5.41, 5.74) is 2.33. The molecule has 4 rings (SSSR count). The summed E-state index contributed by atoms with van der Waals surface area (Å²) in [5.74, 6) is 0.363. The third-order valence-corrected chi connectivity index (χ3v) is 5.78. The Hall–Kier alpha value is -2.12. The van der Waals surface area contributed by atoms with E-state index in [0.29, 0.717) is 5.92 Å². The fraction of sp³-hybridized carbons (Fsp3) is 0.389. The highest BCUT2D eigenvalue weighted by Gasteiger charge is 2.29. The zero-order valence-corrected chi connectivity index (χ0v) is 14.8. The molecule has 1 saturated heterocycles. The lowest BCUT2D eigenvalue weighted by molar-refractivity contribution is -0.142. The number of hydrogen-bond donors (Lipinski definition) is 2. The van der Waals surface area contributed by atoms with E-state index in [0.717, 1.165) is 47.5 Å². The second-order valence-corrected chi connectivity index (χ2v) is 7.83. The number of anilines is 2. The topological polar surface area (TPSA) is 78.3 Å². The Balaban J connectivity index is 1.36. The molecule has 2 aliphatic heterocycles. The summed E-state index contributed by atoms with van der Waals surface area (Å²) < 4.78 is 0. The SMILES string of the molecule is CC(CC1CN(Cc2ccc3c(c2)Nc2nccnc2S3)C1)C(=O)O. The average molecular weight is 356 g/mol. The van der Waals surface area contributed by atoms with E-state index in [2.05, 4.69) is 38.4 Å². The van der Waals surface area contributed by atoms with Crippen LogP contribution in [0.4, 0.5) is 11.5 Å². The van der Waals surface area contributed by atoms with Gasteiger partial charge in [-0.05, 0) is 30.0 Å². The number of benzene rings is 1. The lowest BCUT2D eigenvalue weighted by Crippen LogP contribution is -2.46. The molecule has 0 bridgehead atoms. The van der Waals surface area contributed by atoms with Gasteiger partial charge in [0.15, 0.2) is 5.82 Å². The number of hydrogen-bond acceptors (Lipinski definition) is 6. The van der Waals surface area contributed by atoms with Crippen LogP contribution in [0.3, 0.4) is 0 Å². The molecule has 0 aliphatic carbocycles. The molecule has 2 aliphatic rings. The van der Waals surface area contributed by atoms with Gasteiger partial charge in [0.2, 0.25) is 0 Å². The number of rotatable bonds is 5. The Morgan fingerprint density at radius 1 is 1.40 bits per heavy atom. The van der Waals surface area contributed by atoms with E-state index in [9.17, 15) is 4.79 Å². The van der Waals surface area contributed by atoms with Gasteiger partial charge in [-0.2, -0.15) is 0 Å². The molecule has 1 unspecified atom stereocenters. The monoisotopic (exact) mass is 356 g/mol. The maximum absolute atomic E-state index is 10.9. The van der Waals surface area contributed by atoms with Crippen molar-refractivity contribution < 1.29 is 9.90 Å². The number of aliphatic carboxylic acids is 1. The predicted octanol–water partition coefficient (Wildman–Crippen LogP) is 3.23. The van der Waals surface area contributed by atoms with Crippen LogP contribution in [0.2, 0.25) is 0 Å². The van der Waals surface area contributed by atoms with Gasteiger partial charge in [-0.3, -0.25) is 9.69 Å². The number of carbonyl (C=O) groups is 1. The van der Waals surface area contributed by atoms with Crippen molar-refractivity contribution in [3.63, 3.8) is 0 Å². The highest BCUT2D eigenvalue weighted by Crippen LogP contribution is 2.42. The van der Waals surface area contributed by atoms with Crippen molar-refractivity contribution in [2.24, 2.45) is 11.8 Å². The van der Waals surface area contributed by atoms with Gasteiger partial charge in [0.25, 0.3) is 0 Å². The first-order valence-corrected chi connectivity index (χ1v) is 9.24. The van der Waals surface area contributed by atoms with Gasteiger partial charge < -0.3 is 10.4 Å². The molecule has 25 heavy (non-hydrogen) atoms. The summed E-state index contributed by atoms with van der Waals surface area (Å²) in [4.78, 5) is 23.1. The summed E-state index contributed by atoms with van der Waals surface area (Å²) in [7, 11) is 0. The van der Waals surface area contributed by atoms with E-state index in [1.807, 2.05) is 0 Å². The quantitative estimate of drug-likeness (QED) is 0.726. The van der Waals surface area contributed by atoms with Crippen LogP contribution in [-0.4, -0.2) is 39.0 Å². The van der Waals surface area contributed by atoms with Gasteiger partial charge in [0, 0.05) is 36.9 Å². The minimum atomic E-state index is -0.694. The van der Waals surface area contributed by atoms with Crippen molar-refractivity contribution in [1.82, 2.24) is 14.9 Å². The maximum Gasteiger partial charge on any atom is 0.306 e. The molecule has 130 valence electrons. The number of likely N-dealkylation sites (tertiary alicyclic amines) is 1. The molecule has 0 amide bonds. The van der Waals surface area contributed by atoms with E-state index < -0.39 is 5.97 Å². The van der Waals surface area contributed by atoms with Crippen LogP contribution >= 0.6 is 11.8 Å². The fourth-order valence-electron chi connectivity index (χ4n) is 3.39. The van der Waals surface area contributed by atoms with Gasteiger partial charge in [-0.1, -0.05) is 24.8 Å². The second kappa shape index (κ2) is 6.65.